The Balaban J connectivity index is 1.71. The van der Waals surface area contributed by atoms with E-state index in [9.17, 15) is 22.8 Å². The third-order valence-corrected chi connectivity index (χ3v) is 4.71. The minimum absolute atomic E-state index is 0.0816. The van der Waals surface area contributed by atoms with Crippen LogP contribution in [0.1, 0.15) is 33.5 Å². The van der Waals surface area contributed by atoms with Gasteiger partial charge in [-0.05, 0) is 55.3 Å². The third kappa shape index (κ3) is 4.13. The highest BCUT2D eigenvalue weighted by Crippen LogP contribution is 2.29. The van der Waals surface area contributed by atoms with Crippen molar-refractivity contribution >= 4 is 17.5 Å². The van der Waals surface area contributed by atoms with Crippen LogP contribution in [-0.4, -0.2) is 24.4 Å². The van der Waals surface area contributed by atoms with Crippen molar-refractivity contribution in [2.24, 2.45) is 0 Å². The van der Waals surface area contributed by atoms with Gasteiger partial charge in [0.15, 0.2) is 0 Å². The lowest BCUT2D eigenvalue weighted by molar-refractivity contribution is -0.137. The summed E-state index contributed by atoms with van der Waals surface area (Å²) in [6, 6.07) is 9.46. The molecule has 0 spiro atoms. The highest BCUT2D eigenvalue weighted by atomic mass is 19.4. The Morgan fingerprint density at radius 2 is 1.85 bits per heavy atom. The second-order valence-corrected chi connectivity index (χ2v) is 6.73. The summed E-state index contributed by atoms with van der Waals surface area (Å²) in [6.45, 7) is 4.21. The Labute approximate surface area is 155 Å². The molecule has 2 aromatic carbocycles. The lowest BCUT2D eigenvalue weighted by Crippen LogP contribution is -2.37. The van der Waals surface area contributed by atoms with Crippen LogP contribution in [0.4, 0.5) is 18.9 Å². The molecule has 0 radical (unpaired) electrons. The lowest BCUT2D eigenvalue weighted by atomic mass is 10.1. The lowest BCUT2D eigenvalue weighted by Gasteiger charge is -2.18. The van der Waals surface area contributed by atoms with Gasteiger partial charge in [0.25, 0.3) is 5.91 Å². The fourth-order valence-electron chi connectivity index (χ4n) is 3.05. The third-order valence-electron chi connectivity index (χ3n) is 4.71. The van der Waals surface area contributed by atoms with E-state index in [-0.39, 0.29) is 24.4 Å². The molecule has 0 aliphatic carbocycles. The molecule has 1 atom stereocenters. The van der Waals surface area contributed by atoms with Crippen LogP contribution in [0.15, 0.2) is 42.5 Å². The summed E-state index contributed by atoms with van der Waals surface area (Å²) in [5.41, 5.74) is 1.95. The van der Waals surface area contributed by atoms with Gasteiger partial charge < -0.3 is 10.2 Å². The number of anilines is 1. The number of benzene rings is 2. The summed E-state index contributed by atoms with van der Waals surface area (Å²) < 4.78 is 38.4. The average Bonchev–Trinajstić information content (AvgIpc) is 2.97. The largest absolute Gasteiger partial charge is 0.416 e. The molecule has 1 aliphatic heterocycles. The van der Waals surface area contributed by atoms with E-state index in [0.29, 0.717) is 0 Å². The molecular weight excluding hydrogens is 357 g/mol. The molecule has 27 heavy (non-hydrogen) atoms. The predicted molar refractivity (Wildman–Crippen MR) is 95.6 cm³/mol. The zero-order valence-corrected chi connectivity index (χ0v) is 14.9. The number of rotatable bonds is 3. The van der Waals surface area contributed by atoms with Gasteiger partial charge in [0, 0.05) is 24.2 Å². The van der Waals surface area contributed by atoms with Gasteiger partial charge in [-0.2, -0.15) is 13.2 Å². The van der Waals surface area contributed by atoms with Gasteiger partial charge >= 0.3 is 6.18 Å². The van der Waals surface area contributed by atoms with Gasteiger partial charge in [-0.1, -0.05) is 12.1 Å². The summed E-state index contributed by atoms with van der Waals surface area (Å²) in [7, 11) is 0. The molecule has 3 rings (SSSR count). The number of nitrogens with zero attached hydrogens (tertiary/aromatic N) is 1. The Bertz CT molecular complexity index is 893. The standard InChI is InChI=1S/C20H19F3N2O2/c1-12-6-7-17(8-13(12)2)25-11-16(10-18(25)26)24-19(27)14-4-3-5-15(9-14)20(21,22)23/h3-9,16H,10-11H2,1-2H3,(H,24,27). The maximum absolute atomic E-state index is 12.8. The second-order valence-electron chi connectivity index (χ2n) is 6.73. The fraction of sp³-hybridized carbons (Fsp3) is 0.300. The number of halogens is 3. The summed E-state index contributed by atoms with van der Waals surface area (Å²) in [5, 5.41) is 2.66. The van der Waals surface area contributed by atoms with E-state index in [1.165, 1.54) is 12.1 Å². The monoisotopic (exact) mass is 376 g/mol. The molecule has 1 unspecified atom stereocenters. The zero-order chi connectivity index (χ0) is 19.8. The molecule has 1 fully saturated rings. The van der Waals surface area contributed by atoms with Gasteiger partial charge in [0.2, 0.25) is 5.91 Å². The highest BCUT2D eigenvalue weighted by molar-refractivity contribution is 5.99. The van der Waals surface area contributed by atoms with Crippen molar-refractivity contribution in [1.29, 1.82) is 0 Å². The summed E-state index contributed by atoms with van der Waals surface area (Å²) in [6.07, 6.45) is -4.41. The molecule has 1 N–H and O–H groups in total. The quantitative estimate of drug-likeness (QED) is 0.884. The first kappa shape index (κ1) is 18.9. The first-order valence-corrected chi connectivity index (χ1v) is 8.51. The predicted octanol–water partition coefficient (Wildman–Crippen LogP) is 3.86. The Morgan fingerprint density at radius 1 is 1.11 bits per heavy atom. The Hall–Kier alpha value is -2.83. The van der Waals surface area contributed by atoms with Crippen LogP contribution in [0.2, 0.25) is 0 Å². The first-order valence-electron chi connectivity index (χ1n) is 8.51. The van der Waals surface area contributed by atoms with E-state index < -0.39 is 23.7 Å². The summed E-state index contributed by atoms with van der Waals surface area (Å²) in [4.78, 5) is 26.2. The van der Waals surface area contributed by atoms with Crippen molar-refractivity contribution in [3.63, 3.8) is 0 Å². The van der Waals surface area contributed by atoms with E-state index in [0.717, 1.165) is 28.9 Å². The molecule has 1 aliphatic rings. The van der Waals surface area contributed by atoms with Gasteiger partial charge in [0.05, 0.1) is 11.6 Å². The van der Waals surface area contributed by atoms with Crippen molar-refractivity contribution in [2.45, 2.75) is 32.5 Å². The molecule has 142 valence electrons. The number of carbonyl (C=O) groups excluding carboxylic acids is 2. The van der Waals surface area contributed by atoms with E-state index in [1.807, 2.05) is 32.0 Å². The number of aryl methyl sites for hydroxylation is 2. The Morgan fingerprint density at radius 3 is 2.52 bits per heavy atom. The molecule has 1 saturated heterocycles. The first-order chi connectivity index (χ1) is 12.6. The van der Waals surface area contributed by atoms with Crippen LogP contribution in [0.3, 0.4) is 0 Å². The molecule has 0 bridgehead atoms. The number of amides is 2. The molecule has 7 heteroatoms. The minimum atomic E-state index is -4.51. The number of hydrogen-bond donors (Lipinski definition) is 1. The highest BCUT2D eigenvalue weighted by Gasteiger charge is 2.33. The average molecular weight is 376 g/mol. The van der Waals surface area contributed by atoms with Gasteiger partial charge in [-0.25, -0.2) is 0 Å². The number of alkyl halides is 3. The van der Waals surface area contributed by atoms with Crippen molar-refractivity contribution < 1.29 is 22.8 Å². The number of carbonyl (C=O) groups is 2. The summed E-state index contributed by atoms with van der Waals surface area (Å²) >= 11 is 0. The normalized spacial score (nSPS) is 17.3. The summed E-state index contributed by atoms with van der Waals surface area (Å²) in [5.74, 6) is -0.756. The second kappa shape index (κ2) is 7.06. The van der Waals surface area contributed by atoms with E-state index in [1.54, 1.807) is 4.90 Å². The molecule has 4 nitrogen and oxygen atoms in total. The van der Waals surface area contributed by atoms with Gasteiger partial charge in [-0.3, -0.25) is 9.59 Å². The maximum atomic E-state index is 12.8. The van der Waals surface area contributed by atoms with E-state index in [4.69, 9.17) is 0 Å². The van der Waals surface area contributed by atoms with Crippen LogP contribution in [-0.2, 0) is 11.0 Å². The molecule has 0 saturated carbocycles. The minimum Gasteiger partial charge on any atom is -0.347 e. The van der Waals surface area contributed by atoms with Crippen LogP contribution in [0.25, 0.3) is 0 Å². The van der Waals surface area contributed by atoms with Crippen molar-refractivity contribution in [3.05, 3.63) is 64.7 Å². The van der Waals surface area contributed by atoms with Crippen LogP contribution < -0.4 is 10.2 Å². The van der Waals surface area contributed by atoms with Crippen LogP contribution in [0.5, 0.6) is 0 Å². The topological polar surface area (TPSA) is 49.4 Å². The number of hydrogen-bond acceptors (Lipinski definition) is 2. The van der Waals surface area contributed by atoms with Crippen molar-refractivity contribution in [2.75, 3.05) is 11.4 Å². The van der Waals surface area contributed by atoms with Gasteiger partial charge in [-0.15, -0.1) is 0 Å². The molecule has 2 amide bonds. The van der Waals surface area contributed by atoms with Crippen LogP contribution >= 0.6 is 0 Å². The van der Waals surface area contributed by atoms with E-state index >= 15 is 0 Å². The molecule has 0 aromatic heterocycles. The number of nitrogens with one attached hydrogen (secondary N) is 1. The SMILES string of the molecule is Cc1ccc(N2CC(NC(=O)c3cccc(C(F)(F)F)c3)CC2=O)cc1C. The van der Waals surface area contributed by atoms with Gasteiger partial charge in [0.1, 0.15) is 0 Å². The molecular formula is C20H19F3N2O2. The van der Waals surface area contributed by atoms with E-state index in [2.05, 4.69) is 5.32 Å². The van der Waals surface area contributed by atoms with Crippen LogP contribution in [0, 0.1) is 13.8 Å². The zero-order valence-electron chi connectivity index (χ0n) is 14.9. The molecule has 2 aromatic rings. The fourth-order valence-corrected chi connectivity index (χ4v) is 3.05. The molecule has 1 heterocycles. The maximum Gasteiger partial charge on any atom is 0.416 e. The smallest absolute Gasteiger partial charge is 0.347 e. The van der Waals surface area contributed by atoms with Crippen molar-refractivity contribution in [1.82, 2.24) is 5.32 Å². The van der Waals surface area contributed by atoms with Crippen molar-refractivity contribution in [3.8, 4) is 0 Å². The Kier molecular flexibility index (Phi) is 4.95.